The molecule has 8 nitrogen and oxygen atoms in total. The molecule has 0 saturated carbocycles. The van der Waals surface area contributed by atoms with Gasteiger partial charge in [0.05, 0.1) is 17.5 Å². The molecule has 0 radical (unpaired) electrons. The van der Waals surface area contributed by atoms with Crippen LogP contribution in [0.4, 0.5) is 11.5 Å². The fourth-order valence-corrected chi connectivity index (χ4v) is 4.99. The van der Waals surface area contributed by atoms with E-state index < -0.39 is 5.91 Å². The molecule has 0 aliphatic carbocycles. The zero-order chi connectivity index (χ0) is 25.2. The summed E-state index contributed by atoms with van der Waals surface area (Å²) in [7, 11) is 0. The Morgan fingerprint density at radius 1 is 1.06 bits per heavy atom. The van der Waals surface area contributed by atoms with Crippen LogP contribution in [0.15, 0.2) is 54.7 Å². The highest BCUT2D eigenvalue weighted by Crippen LogP contribution is 2.30. The molecule has 1 aliphatic heterocycles. The Morgan fingerprint density at radius 2 is 1.86 bits per heavy atom. The van der Waals surface area contributed by atoms with E-state index in [9.17, 15) is 4.79 Å². The number of nitrogens with zero attached hydrogens (tertiary/aromatic N) is 5. The molecule has 1 amide bonds. The highest BCUT2D eigenvalue weighted by atomic mass is 35.5. The van der Waals surface area contributed by atoms with Crippen LogP contribution >= 0.6 is 23.2 Å². The van der Waals surface area contributed by atoms with Gasteiger partial charge in [-0.15, -0.1) is 0 Å². The van der Waals surface area contributed by atoms with Crippen molar-refractivity contribution in [2.75, 3.05) is 42.9 Å². The molecule has 186 valence electrons. The molecule has 2 aromatic carbocycles. The van der Waals surface area contributed by atoms with Crippen LogP contribution in [0, 0.1) is 0 Å². The standard InChI is InChI=1S/C26H27Cl2N7O/c1-2-33-9-11-34(12-10-33)23-6-4-17(13-20(23)26(29)36)22-15-25(35-24(32-22)7-8-31-35)30-16-18-3-5-19(27)14-21(18)28/h3-8,13-15,30H,2,9-12,16H2,1H3,(H2,29,36). The van der Waals surface area contributed by atoms with E-state index in [1.807, 2.05) is 36.4 Å². The third kappa shape index (κ3) is 4.97. The van der Waals surface area contributed by atoms with E-state index >= 15 is 0 Å². The van der Waals surface area contributed by atoms with Gasteiger partial charge in [0.25, 0.3) is 5.91 Å². The summed E-state index contributed by atoms with van der Waals surface area (Å²) < 4.78 is 1.73. The minimum atomic E-state index is -0.453. The maximum absolute atomic E-state index is 12.4. The zero-order valence-corrected chi connectivity index (χ0v) is 21.4. The van der Waals surface area contributed by atoms with Gasteiger partial charge < -0.3 is 20.9 Å². The van der Waals surface area contributed by atoms with Crippen molar-refractivity contribution in [3.05, 3.63) is 75.9 Å². The van der Waals surface area contributed by atoms with Crippen molar-refractivity contribution in [1.29, 1.82) is 0 Å². The van der Waals surface area contributed by atoms with Crippen LogP contribution in [-0.4, -0.2) is 58.1 Å². The summed E-state index contributed by atoms with van der Waals surface area (Å²) in [5.41, 5.74) is 10.3. The van der Waals surface area contributed by atoms with Gasteiger partial charge in [0, 0.05) is 66.2 Å². The molecule has 3 heterocycles. The number of rotatable bonds is 7. The quantitative estimate of drug-likeness (QED) is 0.369. The van der Waals surface area contributed by atoms with Crippen LogP contribution < -0.4 is 16.0 Å². The number of fused-ring (bicyclic) bond motifs is 1. The summed E-state index contributed by atoms with van der Waals surface area (Å²) in [4.78, 5) is 21.8. The first kappa shape index (κ1) is 24.4. The normalized spacial score (nSPS) is 14.4. The van der Waals surface area contributed by atoms with Gasteiger partial charge in [0.15, 0.2) is 5.65 Å². The number of primary amides is 1. The molecule has 3 N–H and O–H groups in total. The number of halogens is 2. The molecular formula is C26H27Cl2N7O. The van der Waals surface area contributed by atoms with Crippen molar-refractivity contribution in [3.63, 3.8) is 0 Å². The Bertz CT molecular complexity index is 1410. The molecule has 36 heavy (non-hydrogen) atoms. The number of benzene rings is 2. The third-order valence-corrected chi connectivity index (χ3v) is 7.14. The number of likely N-dealkylation sites (N-methyl/N-ethyl adjacent to an activating group) is 1. The Hall–Kier alpha value is -3.33. The van der Waals surface area contributed by atoms with E-state index in [1.54, 1.807) is 22.8 Å². The van der Waals surface area contributed by atoms with Crippen LogP contribution in [0.2, 0.25) is 10.0 Å². The fourth-order valence-electron chi connectivity index (χ4n) is 4.51. The first-order valence-electron chi connectivity index (χ1n) is 11.9. The summed E-state index contributed by atoms with van der Waals surface area (Å²) in [5.74, 6) is 0.289. The Kier molecular flexibility index (Phi) is 7.00. The van der Waals surface area contributed by atoms with Gasteiger partial charge in [-0.3, -0.25) is 4.79 Å². The Balaban J connectivity index is 1.46. The Morgan fingerprint density at radius 3 is 2.58 bits per heavy atom. The SMILES string of the molecule is CCN1CCN(c2ccc(-c3cc(NCc4ccc(Cl)cc4Cl)n4nccc4n3)cc2C(N)=O)CC1. The smallest absolute Gasteiger partial charge is 0.250 e. The second kappa shape index (κ2) is 10.3. The minimum Gasteiger partial charge on any atom is -0.368 e. The second-order valence-corrected chi connectivity index (χ2v) is 9.58. The number of carbonyl (C=O) groups excluding carboxylic acids is 1. The molecule has 4 aromatic rings. The third-order valence-electron chi connectivity index (χ3n) is 6.55. The predicted molar refractivity (Wildman–Crippen MR) is 145 cm³/mol. The van der Waals surface area contributed by atoms with Crippen molar-refractivity contribution >= 4 is 46.3 Å². The number of anilines is 2. The molecule has 10 heteroatoms. The second-order valence-electron chi connectivity index (χ2n) is 8.73. The molecule has 5 rings (SSSR count). The molecule has 0 unspecified atom stereocenters. The van der Waals surface area contributed by atoms with Gasteiger partial charge in [0.2, 0.25) is 0 Å². The topological polar surface area (TPSA) is 91.8 Å². The van der Waals surface area contributed by atoms with E-state index in [4.69, 9.17) is 33.9 Å². The summed E-state index contributed by atoms with van der Waals surface area (Å²) >= 11 is 12.4. The number of nitrogens with two attached hydrogens (primary N) is 1. The average molecular weight is 524 g/mol. The molecule has 1 saturated heterocycles. The molecule has 2 aromatic heterocycles. The maximum atomic E-state index is 12.4. The lowest BCUT2D eigenvalue weighted by atomic mass is 10.0. The van der Waals surface area contributed by atoms with Crippen molar-refractivity contribution in [1.82, 2.24) is 19.5 Å². The largest absolute Gasteiger partial charge is 0.368 e. The van der Waals surface area contributed by atoms with Crippen LogP contribution in [0.3, 0.4) is 0 Å². The first-order chi connectivity index (χ1) is 17.4. The Labute approximate surface area is 219 Å². The van der Waals surface area contributed by atoms with Crippen LogP contribution in [0.1, 0.15) is 22.8 Å². The minimum absolute atomic E-state index is 0.453. The van der Waals surface area contributed by atoms with Crippen molar-refractivity contribution in [2.45, 2.75) is 13.5 Å². The monoisotopic (exact) mass is 523 g/mol. The summed E-state index contributed by atoms with van der Waals surface area (Å²) in [6.45, 7) is 7.30. The van der Waals surface area contributed by atoms with Crippen LogP contribution in [-0.2, 0) is 6.54 Å². The molecule has 0 bridgehead atoms. The summed E-state index contributed by atoms with van der Waals surface area (Å²) in [5, 5.41) is 8.96. The van der Waals surface area contributed by atoms with Gasteiger partial charge in [-0.05, 0) is 36.4 Å². The van der Waals surface area contributed by atoms with E-state index in [-0.39, 0.29) is 0 Å². The molecule has 0 spiro atoms. The predicted octanol–water partition coefficient (Wildman–Crippen LogP) is 4.56. The van der Waals surface area contributed by atoms with Gasteiger partial charge >= 0.3 is 0 Å². The van der Waals surface area contributed by atoms with Gasteiger partial charge in [-0.2, -0.15) is 9.61 Å². The maximum Gasteiger partial charge on any atom is 0.250 e. The summed E-state index contributed by atoms with van der Waals surface area (Å²) in [6.07, 6.45) is 1.69. The average Bonchev–Trinajstić information content (AvgIpc) is 3.37. The van der Waals surface area contributed by atoms with Gasteiger partial charge in [-0.25, -0.2) is 4.98 Å². The van der Waals surface area contributed by atoms with Crippen LogP contribution in [0.25, 0.3) is 16.9 Å². The van der Waals surface area contributed by atoms with Crippen LogP contribution in [0.5, 0.6) is 0 Å². The lowest BCUT2D eigenvalue weighted by Gasteiger charge is -2.36. The molecule has 0 atom stereocenters. The summed E-state index contributed by atoms with van der Waals surface area (Å²) in [6, 6.07) is 14.9. The highest BCUT2D eigenvalue weighted by Gasteiger charge is 2.21. The number of hydrogen-bond acceptors (Lipinski definition) is 6. The zero-order valence-electron chi connectivity index (χ0n) is 19.9. The number of hydrogen-bond donors (Lipinski definition) is 2. The van der Waals surface area contributed by atoms with Gasteiger partial charge in [-0.1, -0.05) is 42.3 Å². The molecular weight excluding hydrogens is 497 g/mol. The highest BCUT2D eigenvalue weighted by molar-refractivity contribution is 6.35. The lowest BCUT2D eigenvalue weighted by Crippen LogP contribution is -2.46. The molecule has 1 fully saturated rings. The number of aromatic nitrogens is 3. The van der Waals surface area contributed by atoms with Crippen molar-refractivity contribution in [2.24, 2.45) is 5.73 Å². The lowest BCUT2D eigenvalue weighted by molar-refractivity contribution is 0.100. The van der Waals surface area contributed by atoms with E-state index in [1.165, 1.54) is 0 Å². The number of amides is 1. The number of carbonyl (C=O) groups is 1. The van der Waals surface area contributed by atoms with Gasteiger partial charge in [0.1, 0.15) is 5.82 Å². The van der Waals surface area contributed by atoms with E-state index in [0.29, 0.717) is 33.5 Å². The number of nitrogens with one attached hydrogen (secondary N) is 1. The van der Waals surface area contributed by atoms with E-state index in [0.717, 1.165) is 55.4 Å². The van der Waals surface area contributed by atoms with Crippen molar-refractivity contribution < 1.29 is 4.79 Å². The molecule has 1 aliphatic rings. The van der Waals surface area contributed by atoms with E-state index in [2.05, 4.69) is 27.1 Å². The van der Waals surface area contributed by atoms with Crippen molar-refractivity contribution in [3.8, 4) is 11.3 Å². The number of piperazine rings is 1. The first-order valence-corrected chi connectivity index (χ1v) is 12.6. The fraction of sp³-hybridized carbons (Fsp3) is 0.269.